The first kappa shape index (κ1) is 17.8. The highest BCUT2D eigenvalue weighted by molar-refractivity contribution is 5.74. The van der Waals surface area contributed by atoms with Gasteiger partial charge in [0.1, 0.15) is 24.4 Å². The van der Waals surface area contributed by atoms with Crippen LogP contribution in [0.2, 0.25) is 0 Å². The maximum atomic E-state index is 11.8. The Hall–Kier alpha value is -1.51. The minimum atomic E-state index is -1.56. The summed E-state index contributed by atoms with van der Waals surface area (Å²) in [7, 11) is 0. The number of benzene rings is 1. The Bertz CT molecular complexity index is 534. The van der Waals surface area contributed by atoms with E-state index < -0.39 is 37.3 Å². The summed E-state index contributed by atoms with van der Waals surface area (Å²) in [5.74, 6) is -0.220. The van der Waals surface area contributed by atoms with Gasteiger partial charge in [-0.25, -0.2) is 0 Å². The zero-order chi connectivity index (χ0) is 17.1. The van der Waals surface area contributed by atoms with Crippen LogP contribution in [0.15, 0.2) is 24.3 Å². The number of carbonyl (C=O) groups is 1. The van der Waals surface area contributed by atoms with Crippen molar-refractivity contribution in [2.24, 2.45) is 0 Å². The summed E-state index contributed by atoms with van der Waals surface area (Å²) in [6.45, 7) is 2.76. The van der Waals surface area contributed by atoms with E-state index in [1.54, 1.807) is 0 Å². The average Bonchev–Trinajstić information content (AvgIpc) is 2.98. The van der Waals surface area contributed by atoms with Crippen molar-refractivity contribution in [3.05, 3.63) is 35.4 Å². The van der Waals surface area contributed by atoms with E-state index in [9.17, 15) is 20.1 Å². The van der Waals surface area contributed by atoms with Crippen molar-refractivity contribution in [1.82, 2.24) is 4.90 Å². The highest BCUT2D eigenvalue weighted by atomic mass is 16.5. The van der Waals surface area contributed by atoms with Gasteiger partial charge in [0.05, 0.1) is 13.2 Å². The lowest BCUT2D eigenvalue weighted by Gasteiger charge is -2.25. The molecule has 4 N–H and O–H groups in total. The Kier molecular flexibility index (Phi) is 5.72. The molecule has 1 heterocycles. The first-order valence-electron chi connectivity index (χ1n) is 7.49. The van der Waals surface area contributed by atoms with E-state index in [0.29, 0.717) is 0 Å². The molecule has 7 nitrogen and oxygen atoms in total. The third-order valence-corrected chi connectivity index (χ3v) is 4.04. The van der Waals surface area contributed by atoms with Crippen molar-refractivity contribution in [2.45, 2.75) is 44.5 Å². The highest BCUT2D eigenvalue weighted by Crippen LogP contribution is 2.32. The van der Waals surface area contributed by atoms with Crippen LogP contribution >= 0.6 is 0 Å². The molecule has 0 spiro atoms. The maximum absolute atomic E-state index is 11.8. The second kappa shape index (κ2) is 7.37. The molecule has 0 unspecified atom stereocenters. The van der Waals surface area contributed by atoms with Gasteiger partial charge in [0, 0.05) is 12.5 Å². The maximum Gasteiger partial charge on any atom is 0.221 e. The number of hydrogen-bond acceptors (Lipinski definition) is 6. The lowest BCUT2D eigenvalue weighted by molar-refractivity contribution is -0.139. The highest BCUT2D eigenvalue weighted by Gasteiger charge is 2.42. The van der Waals surface area contributed by atoms with Crippen LogP contribution in [0.3, 0.4) is 0 Å². The van der Waals surface area contributed by atoms with E-state index in [2.05, 4.69) is 0 Å². The molecule has 2 rings (SSSR count). The molecular weight excluding hydrogens is 302 g/mol. The number of carbonyl (C=O) groups excluding carboxylic acids is 1. The number of aliphatic hydroxyl groups excluding tert-OH is 4. The smallest absolute Gasteiger partial charge is 0.221 e. The molecule has 1 amide bonds. The molecule has 1 aliphatic heterocycles. The van der Waals surface area contributed by atoms with Gasteiger partial charge >= 0.3 is 0 Å². The lowest BCUT2D eigenvalue weighted by atomic mass is 10.0. The summed E-state index contributed by atoms with van der Waals surface area (Å²) < 4.78 is 5.74. The molecule has 5 atom stereocenters. The van der Waals surface area contributed by atoms with Crippen molar-refractivity contribution in [3.63, 3.8) is 0 Å². The summed E-state index contributed by atoms with van der Waals surface area (Å²) in [5, 5.41) is 38.3. The second-order valence-corrected chi connectivity index (χ2v) is 5.84. The molecule has 0 aliphatic carbocycles. The number of aliphatic hydroxyl groups is 4. The second-order valence-electron chi connectivity index (χ2n) is 5.84. The van der Waals surface area contributed by atoms with Gasteiger partial charge in [0.25, 0.3) is 0 Å². The standard InChI is InChI=1S/C16H23NO6/c1-9-3-5-11(6-4-9)16-17(10(2)19)7-13(23-16)15(22)14(21)12(20)8-18/h3-6,12-16,18,20-22H,7-8H2,1-2H3/t12-,13+,14-,15-,16-/m1/s1. The summed E-state index contributed by atoms with van der Waals surface area (Å²) in [4.78, 5) is 13.3. The molecule has 23 heavy (non-hydrogen) atoms. The Morgan fingerprint density at radius 2 is 1.91 bits per heavy atom. The Morgan fingerprint density at radius 3 is 2.43 bits per heavy atom. The summed E-state index contributed by atoms with van der Waals surface area (Å²) >= 11 is 0. The van der Waals surface area contributed by atoms with E-state index >= 15 is 0 Å². The third kappa shape index (κ3) is 3.88. The molecule has 7 heteroatoms. The molecule has 128 valence electrons. The molecule has 1 fully saturated rings. The number of rotatable bonds is 5. The zero-order valence-electron chi connectivity index (χ0n) is 13.2. The zero-order valence-corrected chi connectivity index (χ0v) is 13.2. The van der Waals surface area contributed by atoms with Gasteiger partial charge in [-0.05, 0) is 6.92 Å². The number of nitrogens with zero attached hydrogens (tertiary/aromatic N) is 1. The molecule has 0 bridgehead atoms. The monoisotopic (exact) mass is 325 g/mol. The van der Waals surface area contributed by atoms with E-state index in [0.717, 1.165) is 11.1 Å². The minimum Gasteiger partial charge on any atom is -0.394 e. The van der Waals surface area contributed by atoms with Crippen molar-refractivity contribution in [3.8, 4) is 0 Å². The summed E-state index contributed by atoms with van der Waals surface area (Å²) in [6.07, 6.45) is -5.98. The van der Waals surface area contributed by atoms with Crippen LogP contribution in [0.5, 0.6) is 0 Å². The van der Waals surface area contributed by atoms with Gasteiger partial charge in [0.15, 0.2) is 6.23 Å². The van der Waals surface area contributed by atoms with Crippen LogP contribution in [0.4, 0.5) is 0 Å². The average molecular weight is 325 g/mol. The fourth-order valence-corrected chi connectivity index (χ4v) is 2.60. The molecule has 1 saturated heterocycles. The molecule has 1 aromatic rings. The molecule has 0 radical (unpaired) electrons. The Balaban J connectivity index is 2.17. The minimum absolute atomic E-state index is 0.0876. The van der Waals surface area contributed by atoms with Gasteiger partial charge in [-0.3, -0.25) is 4.79 Å². The van der Waals surface area contributed by atoms with Crippen LogP contribution in [0, 0.1) is 6.92 Å². The fraction of sp³-hybridized carbons (Fsp3) is 0.562. The lowest BCUT2D eigenvalue weighted by Crippen LogP contribution is -2.47. The van der Waals surface area contributed by atoms with Crippen LogP contribution < -0.4 is 0 Å². The van der Waals surface area contributed by atoms with Crippen LogP contribution in [-0.4, -0.2) is 68.8 Å². The molecule has 1 aromatic carbocycles. The van der Waals surface area contributed by atoms with E-state index in [-0.39, 0.29) is 12.5 Å². The van der Waals surface area contributed by atoms with Gasteiger partial charge in [-0.1, -0.05) is 29.8 Å². The predicted octanol–water partition coefficient (Wildman–Crippen LogP) is -0.684. The van der Waals surface area contributed by atoms with Crippen LogP contribution in [0.1, 0.15) is 24.3 Å². The van der Waals surface area contributed by atoms with E-state index in [1.807, 2.05) is 31.2 Å². The van der Waals surface area contributed by atoms with Gasteiger partial charge in [0.2, 0.25) is 5.91 Å². The van der Waals surface area contributed by atoms with Crippen LogP contribution in [0.25, 0.3) is 0 Å². The largest absolute Gasteiger partial charge is 0.394 e. The topological polar surface area (TPSA) is 110 Å². The first-order chi connectivity index (χ1) is 10.8. The Morgan fingerprint density at radius 1 is 1.30 bits per heavy atom. The van der Waals surface area contributed by atoms with Crippen molar-refractivity contribution in [2.75, 3.05) is 13.2 Å². The first-order valence-corrected chi connectivity index (χ1v) is 7.49. The predicted molar refractivity (Wildman–Crippen MR) is 81.3 cm³/mol. The third-order valence-electron chi connectivity index (χ3n) is 4.04. The quantitative estimate of drug-likeness (QED) is 0.571. The SMILES string of the molecule is CC(=O)N1C[C@@H]([C@@H](O)[C@H](O)[C@H](O)CO)O[C@@H]1c1ccc(C)cc1. The van der Waals surface area contributed by atoms with Crippen LogP contribution in [-0.2, 0) is 9.53 Å². The number of amides is 1. The number of hydrogen-bond donors (Lipinski definition) is 4. The van der Waals surface area contributed by atoms with Gasteiger partial charge < -0.3 is 30.1 Å². The van der Waals surface area contributed by atoms with Crippen molar-refractivity contribution in [1.29, 1.82) is 0 Å². The van der Waals surface area contributed by atoms with E-state index in [1.165, 1.54) is 11.8 Å². The Labute approximate surface area is 134 Å². The molecular formula is C16H23NO6. The fourth-order valence-electron chi connectivity index (χ4n) is 2.60. The number of ether oxygens (including phenoxy) is 1. The molecule has 0 saturated carbocycles. The summed E-state index contributed by atoms with van der Waals surface area (Å²) in [5.41, 5.74) is 1.83. The van der Waals surface area contributed by atoms with Gasteiger partial charge in [-0.15, -0.1) is 0 Å². The van der Waals surface area contributed by atoms with Gasteiger partial charge in [-0.2, -0.15) is 0 Å². The molecule has 0 aromatic heterocycles. The van der Waals surface area contributed by atoms with Crippen molar-refractivity contribution < 1.29 is 30.0 Å². The summed E-state index contributed by atoms with van der Waals surface area (Å²) in [6, 6.07) is 7.46. The van der Waals surface area contributed by atoms with Crippen molar-refractivity contribution >= 4 is 5.91 Å². The number of aryl methyl sites for hydroxylation is 1. The molecule has 1 aliphatic rings. The van der Waals surface area contributed by atoms with E-state index in [4.69, 9.17) is 9.84 Å². The normalized spacial score (nSPS) is 25.2.